The lowest BCUT2D eigenvalue weighted by Gasteiger charge is -2.01. The fraction of sp³-hybridized carbons (Fsp3) is 0.586. The van der Waals surface area contributed by atoms with Crippen LogP contribution in [0.2, 0.25) is 0 Å². The molecule has 4 nitrogen and oxygen atoms in total. The van der Waals surface area contributed by atoms with Crippen molar-refractivity contribution in [3.63, 3.8) is 0 Å². The van der Waals surface area contributed by atoms with Crippen LogP contribution in [0.3, 0.4) is 0 Å². The first kappa shape index (κ1) is 30.6. The van der Waals surface area contributed by atoms with Crippen LogP contribution in [0.25, 0.3) is 0 Å². The summed E-state index contributed by atoms with van der Waals surface area (Å²) in [7, 11) is 0. The van der Waals surface area contributed by atoms with E-state index in [2.05, 4.69) is 53.9 Å². The molecule has 0 saturated heterocycles. The predicted molar refractivity (Wildman–Crippen MR) is 140 cm³/mol. The summed E-state index contributed by atoms with van der Waals surface area (Å²) in [6.45, 7) is 6.51. The molecule has 0 bridgehead atoms. The highest BCUT2D eigenvalue weighted by Crippen LogP contribution is 2.25. The van der Waals surface area contributed by atoms with Crippen molar-refractivity contribution in [3.05, 3.63) is 60.2 Å². The SMILES string of the molecule is C(=C\C1CCCC1)/CCCc1ccccc1.C/C=C\CCCC(=O)NCC.CCCC(=O)O. The minimum absolute atomic E-state index is 0.164. The summed E-state index contributed by atoms with van der Waals surface area (Å²) in [5, 5.41) is 10.7. The number of aryl methyl sites for hydroxylation is 1. The molecule has 0 spiro atoms. The number of allylic oxidation sites excluding steroid dienone is 4. The zero-order chi connectivity index (χ0) is 24.6. The van der Waals surface area contributed by atoms with E-state index in [1.54, 1.807) is 0 Å². The second kappa shape index (κ2) is 22.8. The lowest BCUT2D eigenvalue weighted by molar-refractivity contribution is -0.137. The number of hydrogen-bond donors (Lipinski definition) is 2. The summed E-state index contributed by atoms with van der Waals surface area (Å²) in [6, 6.07) is 10.8. The average Bonchev–Trinajstić information content (AvgIpc) is 3.32. The quantitative estimate of drug-likeness (QED) is 0.252. The Morgan fingerprint density at radius 3 is 2.21 bits per heavy atom. The van der Waals surface area contributed by atoms with Gasteiger partial charge in [-0.15, -0.1) is 0 Å². The maximum atomic E-state index is 10.9. The van der Waals surface area contributed by atoms with Crippen molar-refractivity contribution in [2.24, 2.45) is 5.92 Å². The maximum absolute atomic E-state index is 10.9. The van der Waals surface area contributed by atoms with Crippen molar-refractivity contribution in [3.8, 4) is 0 Å². The fourth-order valence-corrected chi connectivity index (χ4v) is 3.55. The Balaban J connectivity index is 0.000000525. The number of benzene rings is 1. The molecule has 0 atom stereocenters. The number of rotatable bonds is 12. The largest absolute Gasteiger partial charge is 0.481 e. The van der Waals surface area contributed by atoms with Crippen molar-refractivity contribution < 1.29 is 14.7 Å². The second-order valence-electron chi connectivity index (χ2n) is 8.41. The molecule has 0 radical (unpaired) electrons. The van der Waals surface area contributed by atoms with E-state index in [0.29, 0.717) is 12.8 Å². The number of hydrogen-bond acceptors (Lipinski definition) is 2. The average molecular weight is 458 g/mol. The van der Waals surface area contributed by atoms with E-state index in [1.165, 1.54) is 50.5 Å². The molecular weight excluding hydrogens is 410 g/mol. The third-order valence-corrected chi connectivity index (χ3v) is 5.34. The monoisotopic (exact) mass is 457 g/mol. The van der Waals surface area contributed by atoms with E-state index in [1.807, 2.05) is 26.8 Å². The molecular formula is C29H47NO3. The number of nitrogens with one attached hydrogen (secondary N) is 1. The Labute approximate surface area is 202 Å². The zero-order valence-corrected chi connectivity index (χ0v) is 21.2. The van der Waals surface area contributed by atoms with E-state index < -0.39 is 5.97 Å². The van der Waals surface area contributed by atoms with Crippen LogP contribution >= 0.6 is 0 Å². The first-order valence-electron chi connectivity index (χ1n) is 12.8. The van der Waals surface area contributed by atoms with Crippen LogP contribution in [0, 0.1) is 5.92 Å². The predicted octanol–water partition coefficient (Wildman–Crippen LogP) is 7.50. The molecule has 2 rings (SSSR count). The molecule has 2 N–H and O–H groups in total. The minimum atomic E-state index is -0.711. The number of amides is 1. The number of carboxylic acids is 1. The highest BCUT2D eigenvalue weighted by atomic mass is 16.4. The summed E-state index contributed by atoms with van der Waals surface area (Å²) in [6.07, 6.45) is 22.1. The summed E-state index contributed by atoms with van der Waals surface area (Å²) in [4.78, 5) is 20.5. The molecule has 1 aliphatic carbocycles. The number of aliphatic carboxylic acids is 1. The van der Waals surface area contributed by atoms with Crippen molar-refractivity contribution in [1.29, 1.82) is 0 Å². The normalized spacial score (nSPS) is 13.3. The fourth-order valence-electron chi connectivity index (χ4n) is 3.55. The van der Waals surface area contributed by atoms with Crippen LogP contribution < -0.4 is 5.32 Å². The lowest BCUT2D eigenvalue weighted by Crippen LogP contribution is -2.21. The summed E-state index contributed by atoms with van der Waals surface area (Å²) in [5.41, 5.74) is 1.47. The van der Waals surface area contributed by atoms with Gasteiger partial charge in [0.15, 0.2) is 0 Å². The summed E-state index contributed by atoms with van der Waals surface area (Å²) in [5.74, 6) is 0.353. The van der Waals surface area contributed by atoms with Gasteiger partial charge >= 0.3 is 5.97 Å². The summed E-state index contributed by atoms with van der Waals surface area (Å²) >= 11 is 0. The van der Waals surface area contributed by atoms with Gasteiger partial charge in [-0.25, -0.2) is 0 Å². The molecule has 0 aliphatic heterocycles. The van der Waals surface area contributed by atoms with Crippen LogP contribution in [0.1, 0.15) is 97.0 Å². The molecule has 1 aromatic rings. The lowest BCUT2D eigenvalue weighted by atomic mass is 10.1. The molecule has 0 heterocycles. The van der Waals surface area contributed by atoms with E-state index in [-0.39, 0.29) is 5.91 Å². The van der Waals surface area contributed by atoms with Crippen molar-refractivity contribution in [1.82, 2.24) is 5.32 Å². The van der Waals surface area contributed by atoms with Gasteiger partial charge in [0.1, 0.15) is 0 Å². The standard InChI is InChI=1S/C16H22.C9H17NO.C4H8O2/c1-3-9-15(10-4-1)11-5-2-6-12-16-13-7-8-14-16;1-3-5-6-7-8-9(11)10-4-2;1-2-3-4(5)6/h1,3-4,6,9-10,12,16H,2,5,7-8,11,13-14H2;3,5H,4,6-8H2,1-2H3,(H,10,11);2-3H2,1H3,(H,5,6)/b12-6+;5-3-;. The Morgan fingerprint density at radius 2 is 1.67 bits per heavy atom. The van der Waals surface area contributed by atoms with Crippen molar-refractivity contribution >= 4 is 11.9 Å². The Kier molecular flexibility index (Phi) is 21.2. The summed E-state index contributed by atoms with van der Waals surface area (Å²) < 4.78 is 0. The maximum Gasteiger partial charge on any atom is 0.303 e. The first-order chi connectivity index (χ1) is 16.0. The van der Waals surface area contributed by atoms with Gasteiger partial charge in [-0.3, -0.25) is 9.59 Å². The third-order valence-electron chi connectivity index (χ3n) is 5.34. The number of carbonyl (C=O) groups excluding carboxylic acids is 1. The molecule has 1 aliphatic rings. The Morgan fingerprint density at radius 1 is 1.00 bits per heavy atom. The highest BCUT2D eigenvalue weighted by Gasteiger charge is 2.10. The van der Waals surface area contributed by atoms with Crippen molar-refractivity contribution in [2.45, 2.75) is 97.8 Å². The Bertz CT molecular complexity index is 646. The zero-order valence-electron chi connectivity index (χ0n) is 21.2. The van der Waals surface area contributed by atoms with E-state index in [9.17, 15) is 9.59 Å². The molecule has 1 amide bonds. The minimum Gasteiger partial charge on any atom is -0.481 e. The van der Waals surface area contributed by atoms with Crippen LogP contribution in [0.4, 0.5) is 0 Å². The van der Waals surface area contributed by atoms with E-state index in [0.717, 1.165) is 31.7 Å². The topological polar surface area (TPSA) is 66.4 Å². The molecule has 1 fully saturated rings. The first-order valence-corrected chi connectivity index (χ1v) is 12.8. The number of carbonyl (C=O) groups is 2. The molecule has 0 aromatic heterocycles. The number of unbranched alkanes of at least 4 members (excludes halogenated alkanes) is 2. The molecule has 186 valence electrons. The van der Waals surface area contributed by atoms with Gasteiger partial charge in [0.05, 0.1) is 0 Å². The molecule has 33 heavy (non-hydrogen) atoms. The van der Waals surface area contributed by atoms with Crippen LogP contribution in [-0.2, 0) is 16.0 Å². The van der Waals surface area contributed by atoms with Gasteiger partial charge in [-0.05, 0) is 76.7 Å². The molecule has 1 saturated carbocycles. The van der Waals surface area contributed by atoms with Crippen LogP contribution in [0.15, 0.2) is 54.6 Å². The van der Waals surface area contributed by atoms with Crippen molar-refractivity contribution in [2.75, 3.05) is 6.54 Å². The number of carboxylic acid groups (broad SMARTS) is 1. The van der Waals surface area contributed by atoms with Crippen LogP contribution in [0.5, 0.6) is 0 Å². The van der Waals surface area contributed by atoms with Gasteiger partial charge in [0.2, 0.25) is 5.91 Å². The second-order valence-corrected chi connectivity index (χ2v) is 8.41. The highest BCUT2D eigenvalue weighted by molar-refractivity contribution is 5.75. The van der Waals surface area contributed by atoms with Gasteiger partial charge in [-0.2, -0.15) is 0 Å². The van der Waals surface area contributed by atoms with Gasteiger partial charge < -0.3 is 10.4 Å². The Hall–Kier alpha value is -2.36. The van der Waals surface area contributed by atoms with Crippen LogP contribution in [-0.4, -0.2) is 23.5 Å². The molecule has 0 unspecified atom stereocenters. The molecule has 4 heteroatoms. The van der Waals surface area contributed by atoms with Gasteiger partial charge in [-0.1, -0.05) is 74.4 Å². The van der Waals surface area contributed by atoms with E-state index in [4.69, 9.17) is 5.11 Å². The smallest absolute Gasteiger partial charge is 0.303 e. The third kappa shape index (κ3) is 21.3. The molecule has 1 aromatic carbocycles. The van der Waals surface area contributed by atoms with Gasteiger partial charge in [0.25, 0.3) is 0 Å². The van der Waals surface area contributed by atoms with Gasteiger partial charge in [0, 0.05) is 19.4 Å². The van der Waals surface area contributed by atoms with E-state index >= 15 is 0 Å².